The van der Waals surface area contributed by atoms with Gasteiger partial charge in [-0.3, -0.25) is 9.69 Å². The van der Waals surface area contributed by atoms with Crippen molar-refractivity contribution < 1.29 is 22.7 Å². The summed E-state index contributed by atoms with van der Waals surface area (Å²) in [4.78, 5) is 14.5. The largest absolute Gasteiger partial charge is 0.454 e. The first-order valence-corrected chi connectivity index (χ1v) is 11.1. The predicted molar refractivity (Wildman–Crippen MR) is 102 cm³/mol. The summed E-state index contributed by atoms with van der Waals surface area (Å²) >= 11 is 6.14. The van der Waals surface area contributed by atoms with Crippen LogP contribution in [0, 0.1) is 0 Å². The molecule has 0 radical (unpaired) electrons. The molecule has 27 heavy (non-hydrogen) atoms. The number of hydrogen-bond acceptors (Lipinski definition) is 6. The van der Waals surface area contributed by atoms with Crippen LogP contribution in [0.1, 0.15) is 18.4 Å². The summed E-state index contributed by atoms with van der Waals surface area (Å²) in [5, 5.41) is 3.28. The highest BCUT2D eigenvalue weighted by Crippen LogP contribution is 2.40. The van der Waals surface area contributed by atoms with Gasteiger partial charge in [0.05, 0.1) is 22.6 Å². The predicted octanol–water partition coefficient (Wildman–Crippen LogP) is 1.46. The molecule has 0 aromatic heterocycles. The Morgan fingerprint density at radius 3 is 2.78 bits per heavy atom. The number of amides is 1. The first kappa shape index (κ1) is 18.6. The molecule has 2 unspecified atom stereocenters. The number of nitrogens with one attached hydrogen (secondary N) is 1. The molecule has 3 aliphatic heterocycles. The number of ether oxygens (including phenoxy) is 2. The summed E-state index contributed by atoms with van der Waals surface area (Å²) in [7, 11) is -3.14. The van der Waals surface area contributed by atoms with Crippen molar-refractivity contribution >= 4 is 33.4 Å². The number of likely N-dealkylation sites (tertiary alicyclic amines) is 1. The van der Waals surface area contributed by atoms with E-state index in [0.717, 1.165) is 25.9 Å². The summed E-state index contributed by atoms with van der Waals surface area (Å²) < 4.78 is 34.7. The fourth-order valence-electron chi connectivity index (χ4n) is 3.89. The van der Waals surface area contributed by atoms with Crippen LogP contribution in [0.5, 0.6) is 11.5 Å². The number of benzene rings is 1. The van der Waals surface area contributed by atoms with E-state index in [1.807, 2.05) is 0 Å². The number of hydrogen-bond donors (Lipinski definition) is 1. The van der Waals surface area contributed by atoms with Crippen molar-refractivity contribution in [2.24, 2.45) is 0 Å². The minimum Gasteiger partial charge on any atom is -0.454 e. The Labute approximate surface area is 163 Å². The van der Waals surface area contributed by atoms with E-state index in [0.29, 0.717) is 22.1 Å². The summed E-state index contributed by atoms with van der Waals surface area (Å²) in [6.07, 6.45) is 5.15. The molecule has 1 amide bonds. The van der Waals surface area contributed by atoms with Gasteiger partial charge in [-0.1, -0.05) is 11.6 Å². The fourth-order valence-corrected chi connectivity index (χ4v) is 6.11. The Morgan fingerprint density at radius 1 is 1.22 bits per heavy atom. The van der Waals surface area contributed by atoms with Crippen LogP contribution in [-0.4, -0.2) is 62.7 Å². The zero-order chi connectivity index (χ0) is 19.0. The standard InChI is InChI=1S/C18H21ClN2O5S/c19-13-7-12(8-16-18(13)26-11-25-16)3-4-17(22)20-14-9-27(23,24)10-15(14)21-5-1-2-6-21/h3-4,7-8,14-15H,1-2,5-6,9-11H2,(H,20,22)/b4-3+. The number of nitrogens with zero attached hydrogens (tertiary/aromatic N) is 1. The lowest BCUT2D eigenvalue weighted by atomic mass is 10.1. The molecule has 2 saturated heterocycles. The van der Waals surface area contributed by atoms with Crippen molar-refractivity contribution in [2.75, 3.05) is 31.4 Å². The number of carbonyl (C=O) groups excluding carboxylic acids is 1. The van der Waals surface area contributed by atoms with Crippen molar-refractivity contribution in [3.05, 3.63) is 28.8 Å². The van der Waals surface area contributed by atoms with Gasteiger partial charge in [-0.15, -0.1) is 0 Å². The second-order valence-electron chi connectivity index (χ2n) is 7.07. The molecular weight excluding hydrogens is 392 g/mol. The third-order valence-electron chi connectivity index (χ3n) is 5.14. The van der Waals surface area contributed by atoms with Gasteiger partial charge in [-0.2, -0.15) is 0 Å². The minimum absolute atomic E-state index is 0.0103. The summed E-state index contributed by atoms with van der Waals surface area (Å²) in [6.45, 7) is 1.90. The lowest BCUT2D eigenvalue weighted by Gasteiger charge is -2.28. The van der Waals surface area contributed by atoms with Gasteiger partial charge >= 0.3 is 0 Å². The monoisotopic (exact) mass is 412 g/mol. The van der Waals surface area contributed by atoms with Crippen LogP contribution < -0.4 is 14.8 Å². The van der Waals surface area contributed by atoms with Crippen molar-refractivity contribution in [3.63, 3.8) is 0 Å². The molecule has 2 fully saturated rings. The Hall–Kier alpha value is -1.77. The van der Waals surface area contributed by atoms with Crippen molar-refractivity contribution in [1.82, 2.24) is 10.2 Å². The van der Waals surface area contributed by atoms with Gasteiger partial charge in [-0.25, -0.2) is 8.42 Å². The van der Waals surface area contributed by atoms with Crippen molar-refractivity contribution in [2.45, 2.75) is 24.9 Å². The molecule has 0 bridgehead atoms. The third kappa shape index (κ3) is 4.07. The maximum Gasteiger partial charge on any atom is 0.244 e. The molecule has 7 nitrogen and oxygen atoms in total. The topological polar surface area (TPSA) is 84.9 Å². The number of carbonyl (C=O) groups is 1. The van der Waals surface area contributed by atoms with Crippen LogP contribution in [0.15, 0.2) is 18.2 Å². The summed E-state index contributed by atoms with van der Waals surface area (Å²) in [5.41, 5.74) is 0.703. The van der Waals surface area contributed by atoms with E-state index in [9.17, 15) is 13.2 Å². The Kier molecular flexibility index (Phi) is 5.05. The van der Waals surface area contributed by atoms with Crippen LogP contribution in [0.4, 0.5) is 0 Å². The van der Waals surface area contributed by atoms with Gasteiger partial charge in [0.15, 0.2) is 21.3 Å². The van der Waals surface area contributed by atoms with E-state index < -0.39 is 9.84 Å². The highest BCUT2D eigenvalue weighted by Gasteiger charge is 2.42. The average Bonchev–Trinajstić information content (AvgIpc) is 3.32. The SMILES string of the molecule is O=C(/C=C/c1cc(Cl)c2c(c1)OCO2)NC1CS(=O)(=O)CC1N1CCCC1. The quantitative estimate of drug-likeness (QED) is 0.753. The average molecular weight is 413 g/mol. The molecule has 4 rings (SSSR count). The smallest absolute Gasteiger partial charge is 0.244 e. The zero-order valence-corrected chi connectivity index (χ0v) is 16.3. The maximum absolute atomic E-state index is 12.4. The lowest BCUT2D eigenvalue weighted by Crippen LogP contribution is -2.49. The summed E-state index contributed by atoms with van der Waals surface area (Å²) in [6, 6.07) is 2.90. The molecule has 0 saturated carbocycles. The lowest BCUT2D eigenvalue weighted by molar-refractivity contribution is -0.117. The van der Waals surface area contributed by atoms with Gasteiger partial charge in [0.2, 0.25) is 12.7 Å². The van der Waals surface area contributed by atoms with Crippen LogP contribution in [0.2, 0.25) is 5.02 Å². The van der Waals surface area contributed by atoms with Crippen LogP contribution >= 0.6 is 11.6 Å². The number of fused-ring (bicyclic) bond motifs is 1. The van der Waals surface area contributed by atoms with Gasteiger partial charge < -0.3 is 14.8 Å². The first-order valence-electron chi connectivity index (χ1n) is 8.93. The second-order valence-corrected chi connectivity index (χ2v) is 9.63. The maximum atomic E-state index is 12.4. The van der Waals surface area contributed by atoms with Crippen LogP contribution in [0.3, 0.4) is 0 Å². The summed E-state index contributed by atoms with van der Waals surface area (Å²) in [5.74, 6) is 0.819. The first-order chi connectivity index (χ1) is 12.9. The normalized spacial score (nSPS) is 26.7. The highest BCUT2D eigenvalue weighted by molar-refractivity contribution is 7.91. The van der Waals surface area contributed by atoms with Gasteiger partial charge in [0, 0.05) is 12.1 Å². The molecule has 146 valence electrons. The Bertz CT molecular complexity index is 880. The number of sulfone groups is 1. The molecule has 1 N–H and O–H groups in total. The van der Waals surface area contributed by atoms with Crippen molar-refractivity contribution in [1.29, 1.82) is 0 Å². The molecule has 2 atom stereocenters. The van der Waals surface area contributed by atoms with E-state index in [2.05, 4.69) is 10.2 Å². The molecule has 3 aliphatic rings. The van der Waals surface area contributed by atoms with Gasteiger partial charge in [0.1, 0.15) is 0 Å². The fraction of sp³-hybridized carbons (Fsp3) is 0.500. The Balaban J connectivity index is 1.44. The molecule has 1 aromatic carbocycles. The van der Waals surface area contributed by atoms with E-state index in [1.54, 1.807) is 18.2 Å². The zero-order valence-electron chi connectivity index (χ0n) is 14.7. The molecule has 0 spiro atoms. The molecule has 9 heteroatoms. The second kappa shape index (κ2) is 7.33. The highest BCUT2D eigenvalue weighted by atomic mass is 35.5. The van der Waals surface area contributed by atoms with Gasteiger partial charge in [0.25, 0.3) is 0 Å². The third-order valence-corrected chi connectivity index (χ3v) is 7.13. The Morgan fingerprint density at radius 2 is 2.00 bits per heavy atom. The minimum atomic E-state index is -3.14. The van der Waals surface area contributed by atoms with E-state index in [-0.39, 0.29) is 36.3 Å². The van der Waals surface area contributed by atoms with Gasteiger partial charge in [-0.05, 0) is 49.7 Å². The van der Waals surface area contributed by atoms with E-state index in [4.69, 9.17) is 21.1 Å². The van der Waals surface area contributed by atoms with Crippen LogP contribution in [-0.2, 0) is 14.6 Å². The molecule has 3 heterocycles. The molecular formula is C18H21ClN2O5S. The van der Waals surface area contributed by atoms with Crippen molar-refractivity contribution in [3.8, 4) is 11.5 Å². The molecule has 1 aromatic rings. The van der Waals surface area contributed by atoms with E-state index in [1.165, 1.54) is 6.08 Å². The number of rotatable bonds is 4. The van der Waals surface area contributed by atoms with E-state index >= 15 is 0 Å². The number of halogens is 1. The molecule has 0 aliphatic carbocycles. The van der Waals surface area contributed by atoms with Crippen LogP contribution in [0.25, 0.3) is 6.08 Å².